The van der Waals surface area contributed by atoms with Crippen molar-refractivity contribution in [3.63, 3.8) is 0 Å². The van der Waals surface area contributed by atoms with Gasteiger partial charge in [-0.05, 0) is 46.0 Å². The molecule has 0 saturated carbocycles. The van der Waals surface area contributed by atoms with Crippen molar-refractivity contribution in [1.82, 2.24) is 5.32 Å². The second kappa shape index (κ2) is 7.47. The number of nitrogens with one attached hydrogen (secondary N) is 1. The molecule has 2 N–H and O–H groups in total. The lowest BCUT2D eigenvalue weighted by Crippen LogP contribution is -2.44. The Labute approximate surface area is 119 Å². The molecular formula is C14H25NO5. The van der Waals surface area contributed by atoms with Crippen LogP contribution in [0.3, 0.4) is 0 Å². The Bertz CT molecular complexity index is 331. The molecule has 0 spiro atoms. The molecule has 0 unspecified atom stereocenters. The normalized spacial score (nSPS) is 18.4. The van der Waals surface area contributed by atoms with Crippen LogP contribution < -0.4 is 5.32 Å². The molecule has 0 bridgehead atoms. The zero-order valence-electron chi connectivity index (χ0n) is 12.5. The summed E-state index contributed by atoms with van der Waals surface area (Å²) in [6.07, 6.45) is 1.64. The SMILES string of the molecule is CC(C)(C)OC(=O)N[C@@H](CCC(=O)O)C1CCOCC1. The van der Waals surface area contributed by atoms with E-state index in [1.165, 1.54) is 0 Å². The van der Waals surface area contributed by atoms with Crippen molar-refractivity contribution >= 4 is 12.1 Å². The summed E-state index contributed by atoms with van der Waals surface area (Å²) in [5.41, 5.74) is -0.558. The van der Waals surface area contributed by atoms with Crippen LogP contribution in [0.4, 0.5) is 4.79 Å². The van der Waals surface area contributed by atoms with Crippen molar-refractivity contribution in [2.45, 2.75) is 58.1 Å². The van der Waals surface area contributed by atoms with Gasteiger partial charge in [0.2, 0.25) is 0 Å². The number of ether oxygens (including phenoxy) is 2. The third-order valence-corrected chi connectivity index (χ3v) is 3.21. The number of carbonyl (C=O) groups is 2. The number of hydrogen-bond acceptors (Lipinski definition) is 4. The summed E-state index contributed by atoms with van der Waals surface area (Å²) in [4.78, 5) is 22.6. The highest BCUT2D eigenvalue weighted by Gasteiger charge is 2.27. The molecule has 1 atom stereocenters. The minimum atomic E-state index is -0.854. The molecule has 0 aromatic carbocycles. The van der Waals surface area contributed by atoms with Crippen LogP contribution in [-0.2, 0) is 14.3 Å². The molecule has 1 aliphatic rings. The van der Waals surface area contributed by atoms with Gasteiger partial charge in [-0.3, -0.25) is 4.79 Å². The van der Waals surface area contributed by atoms with Gasteiger partial charge in [-0.2, -0.15) is 0 Å². The summed E-state index contributed by atoms with van der Waals surface area (Å²) in [5.74, 6) is -0.608. The highest BCUT2D eigenvalue weighted by atomic mass is 16.6. The third kappa shape index (κ3) is 6.75. The van der Waals surface area contributed by atoms with E-state index in [1.807, 2.05) is 0 Å². The molecule has 0 aromatic heterocycles. The number of hydrogen-bond donors (Lipinski definition) is 2. The molecule has 1 saturated heterocycles. The minimum Gasteiger partial charge on any atom is -0.481 e. The molecule has 0 aromatic rings. The van der Waals surface area contributed by atoms with Gasteiger partial charge in [0.05, 0.1) is 0 Å². The Morgan fingerprint density at radius 2 is 1.95 bits per heavy atom. The van der Waals surface area contributed by atoms with Gasteiger partial charge in [-0.15, -0.1) is 0 Å². The predicted octanol–water partition coefficient (Wildman–Crippen LogP) is 2.17. The Hall–Kier alpha value is -1.30. The molecule has 1 amide bonds. The second-order valence-electron chi connectivity index (χ2n) is 6.13. The smallest absolute Gasteiger partial charge is 0.407 e. The van der Waals surface area contributed by atoms with Gasteiger partial charge in [-0.1, -0.05) is 0 Å². The van der Waals surface area contributed by atoms with Crippen molar-refractivity contribution in [3.05, 3.63) is 0 Å². The van der Waals surface area contributed by atoms with Crippen molar-refractivity contribution < 1.29 is 24.2 Å². The van der Waals surface area contributed by atoms with Crippen LogP contribution in [0.15, 0.2) is 0 Å². The lowest BCUT2D eigenvalue weighted by atomic mass is 9.89. The van der Waals surface area contributed by atoms with Gasteiger partial charge in [0, 0.05) is 25.7 Å². The van der Waals surface area contributed by atoms with Crippen molar-refractivity contribution in [2.75, 3.05) is 13.2 Å². The van der Waals surface area contributed by atoms with Crippen molar-refractivity contribution in [2.24, 2.45) is 5.92 Å². The predicted molar refractivity (Wildman–Crippen MR) is 73.6 cm³/mol. The van der Waals surface area contributed by atoms with Gasteiger partial charge < -0.3 is 19.9 Å². The molecule has 1 rings (SSSR count). The first-order chi connectivity index (χ1) is 9.28. The highest BCUT2D eigenvalue weighted by molar-refractivity contribution is 5.69. The van der Waals surface area contributed by atoms with Crippen LogP contribution >= 0.6 is 0 Å². The number of aliphatic carboxylic acids is 1. The van der Waals surface area contributed by atoms with Crippen LogP contribution in [0.2, 0.25) is 0 Å². The number of carboxylic acids is 1. The summed E-state index contributed by atoms with van der Waals surface area (Å²) in [6.45, 7) is 6.71. The van der Waals surface area contributed by atoms with E-state index in [0.717, 1.165) is 12.8 Å². The van der Waals surface area contributed by atoms with Crippen LogP contribution in [0.1, 0.15) is 46.5 Å². The first kappa shape index (κ1) is 16.8. The molecule has 0 radical (unpaired) electrons. The van der Waals surface area contributed by atoms with Gasteiger partial charge >= 0.3 is 12.1 Å². The lowest BCUT2D eigenvalue weighted by molar-refractivity contribution is -0.137. The summed E-state index contributed by atoms with van der Waals surface area (Å²) < 4.78 is 10.5. The third-order valence-electron chi connectivity index (χ3n) is 3.21. The summed E-state index contributed by atoms with van der Waals surface area (Å²) in [5, 5.41) is 11.6. The quantitative estimate of drug-likeness (QED) is 0.809. The average molecular weight is 287 g/mol. The molecule has 20 heavy (non-hydrogen) atoms. The van der Waals surface area contributed by atoms with Gasteiger partial charge in [0.1, 0.15) is 5.60 Å². The Morgan fingerprint density at radius 3 is 2.45 bits per heavy atom. The molecule has 1 aliphatic heterocycles. The molecule has 0 aliphatic carbocycles. The van der Waals surface area contributed by atoms with E-state index >= 15 is 0 Å². The summed E-state index contributed by atoms with van der Waals surface area (Å²) in [6, 6.07) is -0.176. The highest BCUT2D eigenvalue weighted by Crippen LogP contribution is 2.22. The van der Waals surface area contributed by atoms with Crippen LogP contribution in [0, 0.1) is 5.92 Å². The number of alkyl carbamates (subject to hydrolysis) is 1. The van der Waals surface area contributed by atoms with E-state index in [1.54, 1.807) is 20.8 Å². The second-order valence-corrected chi connectivity index (χ2v) is 6.13. The first-order valence-electron chi connectivity index (χ1n) is 7.07. The van der Waals surface area contributed by atoms with E-state index < -0.39 is 17.7 Å². The number of rotatable bonds is 5. The van der Waals surface area contributed by atoms with Crippen LogP contribution in [-0.4, -0.2) is 42.0 Å². The monoisotopic (exact) mass is 287 g/mol. The van der Waals surface area contributed by atoms with E-state index in [-0.39, 0.29) is 18.4 Å². The van der Waals surface area contributed by atoms with Crippen LogP contribution in [0.25, 0.3) is 0 Å². The van der Waals surface area contributed by atoms with Crippen molar-refractivity contribution in [3.8, 4) is 0 Å². The summed E-state index contributed by atoms with van der Waals surface area (Å²) in [7, 11) is 0. The maximum Gasteiger partial charge on any atom is 0.407 e. The summed E-state index contributed by atoms with van der Waals surface area (Å²) >= 11 is 0. The Kier molecular flexibility index (Phi) is 6.26. The molecule has 6 heteroatoms. The van der Waals surface area contributed by atoms with Crippen LogP contribution in [0.5, 0.6) is 0 Å². The molecule has 1 heterocycles. The zero-order chi connectivity index (χ0) is 15.2. The van der Waals surface area contributed by atoms with E-state index in [0.29, 0.717) is 19.6 Å². The minimum absolute atomic E-state index is 0.0395. The number of amides is 1. The number of carboxylic acid groups (broad SMARTS) is 1. The molecule has 116 valence electrons. The van der Waals surface area contributed by atoms with Gasteiger partial charge in [0.25, 0.3) is 0 Å². The standard InChI is InChI=1S/C14H25NO5/c1-14(2,3)20-13(18)15-11(4-5-12(16)17)10-6-8-19-9-7-10/h10-11H,4-9H2,1-3H3,(H,15,18)(H,16,17)/t11-/m0/s1. The van der Waals surface area contributed by atoms with E-state index in [9.17, 15) is 9.59 Å². The Morgan fingerprint density at radius 1 is 1.35 bits per heavy atom. The van der Waals surface area contributed by atoms with Gasteiger partial charge in [0.15, 0.2) is 0 Å². The first-order valence-corrected chi connectivity index (χ1v) is 7.07. The fraction of sp³-hybridized carbons (Fsp3) is 0.857. The average Bonchev–Trinajstić information content (AvgIpc) is 2.33. The Balaban J connectivity index is 2.56. The lowest BCUT2D eigenvalue weighted by Gasteiger charge is -2.31. The van der Waals surface area contributed by atoms with E-state index in [4.69, 9.17) is 14.6 Å². The fourth-order valence-electron chi connectivity index (χ4n) is 2.28. The molecule has 6 nitrogen and oxygen atoms in total. The van der Waals surface area contributed by atoms with E-state index in [2.05, 4.69) is 5.32 Å². The molecule has 1 fully saturated rings. The molecular weight excluding hydrogens is 262 g/mol. The fourth-order valence-corrected chi connectivity index (χ4v) is 2.28. The zero-order valence-corrected chi connectivity index (χ0v) is 12.5. The maximum atomic E-state index is 11.8. The topological polar surface area (TPSA) is 84.9 Å². The van der Waals surface area contributed by atoms with Crippen molar-refractivity contribution in [1.29, 1.82) is 0 Å². The van der Waals surface area contributed by atoms with Gasteiger partial charge in [-0.25, -0.2) is 4.79 Å². The largest absolute Gasteiger partial charge is 0.481 e. The maximum absolute atomic E-state index is 11.8. The number of carbonyl (C=O) groups excluding carboxylic acids is 1.